The molecule has 0 aliphatic carbocycles. The largest absolute Gasteiger partial charge is 0.328 e. The average molecular weight is 246 g/mol. The lowest BCUT2D eigenvalue weighted by Gasteiger charge is -2.19. The van der Waals surface area contributed by atoms with Crippen molar-refractivity contribution >= 4 is 11.6 Å². The fraction of sp³-hybridized carbons (Fsp3) is 0.533. The number of hydrogen-bond acceptors (Lipinski definition) is 2. The molecule has 0 saturated carbocycles. The minimum atomic E-state index is -0.444. The average Bonchev–Trinajstić information content (AvgIpc) is 2.47. The van der Waals surface area contributed by atoms with Gasteiger partial charge < -0.3 is 11.1 Å². The molecule has 1 unspecified atom stereocenters. The minimum absolute atomic E-state index is 0.0772. The number of rotatable bonds is 2. The maximum absolute atomic E-state index is 12.1. The lowest BCUT2D eigenvalue weighted by Crippen LogP contribution is -2.26. The summed E-state index contributed by atoms with van der Waals surface area (Å²) < 4.78 is 0. The number of hydrogen-bond donors (Lipinski definition) is 2. The van der Waals surface area contributed by atoms with Crippen molar-refractivity contribution in [3.8, 4) is 0 Å². The van der Waals surface area contributed by atoms with Crippen LogP contribution in [0, 0.1) is 13.8 Å². The molecule has 0 fully saturated rings. The van der Waals surface area contributed by atoms with Gasteiger partial charge in [-0.3, -0.25) is 4.79 Å². The standard InChI is InChI=1S/C15H22N2O/c1-8-6-12-13(17-14(18)15(12,4)5)11(10(8)3)7-9(2)16/h6,9H,7,16H2,1-5H3,(H,17,18). The van der Waals surface area contributed by atoms with Crippen LogP contribution < -0.4 is 11.1 Å². The molecule has 0 radical (unpaired) electrons. The van der Waals surface area contributed by atoms with Gasteiger partial charge in [-0.15, -0.1) is 0 Å². The van der Waals surface area contributed by atoms with Crippen molar-refractivity contribution in [2.45, 2.75) is 52.5 Å². The molecule has 3 N–H and O–H groups in total. The van der Waals surface area contributed by atoms with Gasteiger partial charge in [0.15, 0.2) is 0 Å². The Morgan fingerprint density at radius 1 is 1.39 bits per heavy atom. The second-order valence-electron chi connectivity index (χ2n) is 5.98. The number of fused-ring (bicyclic) bond motifs is 1. The lowest BCUT2D eigenvalue weighted by molar-refractivity contribution is -0.119. The third kappa shape index (κ3) is 1.83. The zero-order valence-corrected chi connectivity index (χ0v) is 11.8. The van der Waals surface area contributed by atoms with Gasteiger partial charge in [0.2, 0.25) is 5.91 Å². The fourth-order valence-corrected chi connectivity index (χ4v) is 2.59. The number of carbonyl (C=O) groups is 1. The Kier molecular flexibility index (Phi) is 2.98. The summed E-state index contributed by atoms with van der Waals surface area (Å²) in [5, 5.41) is 3.04. The number of amides is 1. The third-order valence-electron chi connectivity index (χ3n) is 3.98. The highest BCUT2D eigenvalue weighted by Crippen LogP contribution is 2.42. The van der Waals surface area contributed by atoms with Crippen molar-refractivity contribution in [3.05, 3.63) is 28.3 Å². The molecule has 0 aromatic heterocycles. The molecule has 1 amide bonds. The van der Waals surface area contributed by atoms with Crippen LogP contribution in [-0.4, -0.2) is 11.9 Å². The maximum atomic E-state index is 12.1. The van der Waals surface area contributed by atoms with E-state index in [4.69, 9.17) is 5.73 Å². The first kappa shape index (κ1) is 13.1. The highest BCUT2D eigenvalue weighted by atomic mass is 16.2. The van der Waals surface area contributed by atoms with Gasteiger partial charge >= 0.3 is 0 Å². The first-order valence-electron chi connectivity index (χ1n) is 6.45. The molecule has 3 nitrogen and oxygen atoms in total. The molecule has 1 aromatic rings. The first-order valence-corrected chi connectivity index (χ1v) is 6.45. The second kappa shape index (κ2) is 4.09. The number of benzene rings is 1. The highest BCUT2D eigenvalue weighted by molar-refractivity contribution is 6.06. The molecule has 98 valence electrons. The Morgan fingerprint density at radius 2 is 2.00 bits per heavy atom. The normalized spacial score (nSPS) is 18.4. The number of anilines is 1. The maximum Gasteiger partial charge on any atom is 0.234 e. The van der Waals surface area contributed by atoms with Crippen molar-refractivity contribution in [3.63, 3.8) is 0 Å². The van der Waals surface area contributed by atoms with E-state index in [0.29, 0.717) is 0 Å². The Balaban J connectivity index is 2.66. The van der Waals surface area contributed by atoms with Crippen molar-refractivity contribution in [1.82, 2.24) is 0 Å². The molecule has 1 atom stereocenters. The summed E-state index contributed by atoms with van der Waals surface area (Å²) in [6.07, 6.45) is 0.798. The molecule has 1 aliphatic heterocycles. The Bertz CT molecular complexity index is 516. The molecule has 1 aliphatic rings. The molecule has 0 saturated heterocycles. The summed E-state index contributed by atoms with van der Waals surface area (Å²) in [4.78, 5) is 12.1. The Hall–Kier alpha value is -1.35. The molecule has 0 bridgehead atoms. The minimum Gasteiger partial charge on any atom is -0.328 e. The molecule has 18 heavy (non-hydrogen) atoms. The number of aryl methyl sites for hydroxylation is 1. The van der Waals surface area contributed by atoms with E-state index in [0.717, 1.165) is 17.7 Å². The van der Waals surface area contributed by atoms with Crippen molar-refractivity contribution in [2.75, 3.05) is 5.32 Å². The second-order valence-corrected chi connectivity index (χ2v) is 5.98. The van der Waals surface area contributed by atoms with Crippen LogP contribution >= 0.6 is 0 Å². The summed E-state index contributed by atoms with van der Waals surface area (Å²) in [7, 11) is 0. The van der Waals surface area contributed by atoms with Gasteiger partial charge in [-0.1, -0.05) is 6.07 Å². The highest BCUT2D eigenvalue weighted by Gasteiger charge is 2.40. The smallest absolute Gasteiger partial charge is 0.234 e. The van der Waals surface area contributed by atoms with E-state index in [9.17, 15) is 4.79 Å². The fourth-order valence-electron chi connectivity index (χ4n) is 2.59. The van der Waals surface area contributed by atoms with Crippen LogP contribution in [0.2, 0.25) is 0 Å². The number of nitrogens with one attached hydrogen (secondary N) is 1. The predicted molar refractivity (Wildman–Crippen MR) is 74.9 cm³/mol. The van der Waals surface area contributed by atoms with E-state index in [-0.39, 0.29) is 11.9 Å². The molecule has 2 rings (SSSR count). The van der Waals surface area contributed by atoms with Crippen LogP contribution in [0.3, 0.4) is 0 Å². The van der Waals surface area contributed by atoms with Gasteiger partial charge in [-0.2, -0.15) is 0 Å². The summed E-state index contributed by atoms with van der Waals surface area (Å²) >= 11 is 0. The molecule has 1 heterocycles. The third-order valence-corrected chi connectivity index (χ3v) is 3.98. The van der Waals surface area contributed by atoms with E-state index in [1.165, 1.54) is 16.7 Å². The van der Waals surface area contributed by atoms with Crippen molar-refractivity contribution in [2.24, 2.45) is 5.73 Å². The molecular formula is C15H22N2O. The van der Waals surface area contributed by atoms with Crippen LogP contribution in [0.1, 0.15) is 43.0 Å². The summed E-state index contributed by atoms with van der Waals surface area (Å²) in [6, 6.07) is 2.22. The monoisotopic (exact) mass is 246 g/mol. The van der Waals surface area contributed by atoms with E-state index < -0.39 is 5.41 Å². The SMILES string of the molecule is Cc1cc2c(c(CC(C)N)c1C)NC(=O)C2(C)C. The van der Waals surface area contributed by atoms with Crippen molar-refractivity contribution in [1.29, 1.82) is 0 Å². The van der Waals surface area contributed by atoms with E-state index in [2.05, 4.69) is 25.2 Å². The van der Waals surface area contributed by atoms with Crippen LogP contribution in [-0.2, 0) is 16.6 Å². The van der Waals surface area contributed by atoms with Crippen LogP contribution in [0.4, 0.5) is 5.69 Å². The molecule has 3 heteroatoms. The Morgan fingerprint density at radius 3 is 2.56 bits per heavy atom. The van der Waals surface area contributed by atoms with Gasteiger partial charge in [0.25, 0.3) is 0 Å². The topological polar surface area (TPSA) is 55.1 Å². The Labute approximate surface area is 109 Å². The van der Waals surface area contributed by atoms with Crippen LogP contribution in [0.5, 0.6) is 0 Å². The van der Waals surface area contributed by atoms with E-state index in [1.54, 1.807) is 0 Å². The predicted octanol–water partition coefficient (Wildman–Crippen LogP) is 2.42. The summed E-state index contributed by atoms with van der Waals surface area (Å²) in [5.74, 6) is 0.0772. The molecule has 0 spiro atoms. The van der Waals surface area contributed by atoms with E-state index in [1.807, 2.05) is 20.8 Å². The molecule has 1 aromatic carbocycles. The number of carbonyl (C=O) groups excluding carboxylic acids is 1. The lowest BCUT2D eigenvalue weighted by atomic mass is 9.82. The quantitative estimate of drug-likeness (QED) is 0.842. The van der Waals surface area contributed by atoms with Gasteiger partial charge in [0, 0.05) is 11.7 Å². The van der Waals surface area contributed by atoms with Crippen LogP contribution in [0.25, 0.3) is 0 Å². The van der Waals surface area contributed by atoms with Gasteiger partial charge in [0.1, 0.15) is 0 Å². The van der Waals surface area contributed by atoms with Crippen LogP contribution in [0.15, 0.2) is 6.07 Å². The summed E-state index contributed by atoms with van der Waals surface area (Å²) in [6.45, 7) is 10.1. The van der Waals surface area contributed by atoms with Gasteiger partial charge in [0.05, 0.1) is 5.41 Å². The van der Waals surface area contributed by atoms with Crippen molar-refractivity contribution < 1.29 is 4.79 Å². The number of nitrogens with two attached hydrogens (primary N) is 1. The summed E-state index contributed by atoms with van der Waals surface area (Å²) in [5.41, 5.74) is 11.2. The first-order chi connectivity index (χ1) is 8.25. The zero-order valence-electron chi connectivity index (χ0n) is 11.8. The van der Waals surface area contributed by atoms with E-state index >= 15 is 0 Å². The van der Waals surface area contributed by atoms with Gasteiger partial charge in [-0.05, 0) is 63.3 Å². The zero-order chi connectivity index (χ0) is 13.7. The molecular weight excluding hydrogens is 224 g/mol. The van der Waals surface area contributed by atoms with Gasteiger partial charge in [-0.25, -0.2) is 0 Å².